The van der Waals surface area contributed by atoms with Crippen LogP contribution in [0.5, 0.6) is 11.5 Å². The van der Waals surface area contributed by atoms with Crippen molar-refractivity contribution >= 4 is 11.5 Å². The molecule has 0 radical (unpaired) electrons. The van der Waals surface area contributed by atoms with E-state index in [1.807, 2.05) is 56.4 Å². The Hall–Kier alpha value is -2.79. The zero-order valence-electron chi connectivity index (χ0n) is 17.6. The van der Waals surface area contributed by atoms with Crippen LogP contribution >= 0.6 is 0 Å². The summed E-state index contributed by atoms with van der Waals surface area (Å²) in [7, 11) is 5.22. The van der Waals surface area contributed by atoms with Gasteiger partial charge in [-0.15, -0.1) is 0 Å². The van der Waals surface area contributed by atoms with Gasteiger partial charge in [-0.25, -0.2) is 0 Å². The van der Waals surface area contributed by atoms with Crippen molar-refractivity contribution in [3.8, 4) is 11.5 Å². The molecule has 0 bridgehead atoms. The second kappa shape index (κ2) is 9.14. The van der Waals surface area contributed by atoms with E-state index in [0.717, 1.165) is 35.2 Å². The van der Waals surface area contributed by atoms with Crippen LogP contribution in [-0.2, 0) is 16.0 Å². The lowest BCUT2D eigenvalue weighted by Crippen LogP contribution is -2.44. The molecular weight excluding hydrogens is 366 g/mol. The minimum atomic E-state index is -0.470. The van der Waals surface area contributed by atoms with E-state index in [4.69, 9.17) is 14.2 Å². The van der Waals surface area contributed by atoms with E-state index >= 15 is 0 Å². The van der Waals surface area contributed by atoms with Gasteiger partial charge in [0.15, 0.2) is 11.5 Å². The number of ether oxygens (including phenoxy) is 3. The van der Waals surface area contributed by atoms with Gasteiger partial charge in [0.05, 0.1) is 20.8 Å². The average molecular weight is 395 g/mol. The third-order valence-electron chi connectivity index (χ3n) is 5.55. The van der Waals surface area contributed by atoms with Crippen LogP contribution in [0.25, 0.3) is 5.57 Å². The van der Waals surface area contributed by atoms with E-state index in [0.29, 0.717) is 18.1 Å². The molecule has 1 aliphatic heterocycles. The summed E-state index contributed by atoms with van der Waals surface area (Å²) in [6.45, 7) is 7.31. The van der Waals surface area contributed by atoms with Crippen LogP contribution < -0.4 is 9.47 Å². The lowest BCUT2D eigenvalue weighted by Gasteiger charge is -2.32. The zero-order valence-corrected chi connectivity index (χ0v) is 17.6. The lowest BCUT2D eigenvalue weighted by atomic mass is 9.80. The maximum absolute atomic E-state index is 13.0. The Balaban J connectivity index is 2.20. The van der Waals surface area contributed by atoms with Crippen molar-refractivity contribution in [2.75, 3.05) is 34.4 Å². The summed E-state index contributed by atoms with van der Waals surface area (Å²) in [5.41, 5.74) is 4.04. The largest absolute Gasteiger partial charge is 0.493 e. The first-order chi connectivity index (χ1) is 14.0. The number of fused-ring (bicyclic) bond motifs is 1. The third kappa shape index (κ3) is 4.15. The van der Waals surface area contributed by atoms with Crippen LogP contribution in [-0.4, -0.2) is 51.3 Å². The van der Waals surface area contributed by atoms with Crippen LogP contribution in [0.2, 0.25) is 0 Å². The summed E-state index contributed by atoms with van der Waals surface area (Å²) >= 11 is 0. The SMILES string of the molecule is C=C(c1ccccc1)C1c2cc(OC)c(OC)cc2CCN(C)C1C(=O)OCC. The Morgan fingerprint density at radius 2 is 1.79 bits per heavy atom. The van der Waals surface area contributed by atoms with E-state index in [1.165, 1.54) is 0 Å². The number of likely N-dealkylation sites (N-methyl/N-ethyl adjacent to an activating group) is 1. The van der Waals surface area contributed by atoms with E-state index < -0.39 is 6.04 Å². The fourth-order valence-electron chi connectivity index (χ4n) is 4.06. The maximum Gasteiger partial charge on any atom is 0.324 e. The van der Waals surface area contributed by atoms with Crippen molar-refractivity contribution in [2.24, 2.45) is 0 Å². The molecule has 0 aliphatic carbocycles. The van der Waals surface area contributed by atoms with E-state index in [2.05, 4.69) is 11.5 Å². The molecule has 1 heterocycles. The Morgan fingerprint density at radius 3 is 2.41 bits per heavy atom. The molecule has 0 spiro atoms. The van der Waals surface area contributed by atoms with Gasteiger partial charge in [0, 0.05) is 12.5 Å². The van der Waals surface area contributed by atoms with Crippen molar-refractivity contribution in [3.05, 3.63) is 65.7 Å². The van der Waals surface area contributed by atoms with E-state index in [9.17, 15) is 4.79 Å². The smallest absolute Gasteiger partial charge is 0.324 e. The molecule has 0 fully saturated rings. The van der Waals surface area contributed by atoms with Gasteiger partial charge < -0.3 is 14.2 Å². The molecule has 2 atom stereocenters. The second-order valence-corrected chi connectivity index (χ2v) is 7.20. The van der Waals surface area contributed by atoms with Gasteiger partial charge in [0.1, 0.15) is 6.04 Å². The average Bonchev–Trinajstić information content (AvgIpc) is 2.89. The summed E-state index contributed by atoms with van der Waals surface area (Å²) in [6, 6.07) is 13.5. The number of methoxy groups -OCH3 is 2. The lowest BCUT2D eigenvalue weighted by molar-refractivity contribution is -0.149. The monoisotopic (exact) mass is 395 g/mol. The number of esters is 1. The first-order valence-corrected chi connectivity index (χ1v) is 9.87. The molecule has 2 aromatic rings. The molecule has 0 amide bonds. The number of nitrogens with zero attached hydrogens (tertiary/aromatic N) is 1. The van der Waals surface area contributed by atoms with Gasteiger partial charge >= 0.3 is 5.97 Å². The normalized spacial score (nSPS) is 19.0. The Morgan fingerprint density at radius 1 is 1.14 bits per heavy atom. The summed E-state index contributed by atoms with van der Waals surface area (Å²) in [5.74, 6) is 0.829. The van der Waals surface area contributed by atoms with Crippen LogP contribution in [0.4, 0.5) is 0 Å². The Labute approximate surface area is 172 Å². The fraction of sp³-hybridized carbons (Fsp3) is 0.375. The van der Waals surface area contributed by atoms with Gasteiger partial charge in [0.25, 0.3) is 0 Å². The highest BCUT2D eigenvalue weighted by molar-refractivity contribution is 5.84. The first kappa shape index (κ1) is 20.9. The number of benzene rings is 2. The molecule has 0 saturated carbocycles. The predicted molar refractivity (Wildman–Crippen MR) is 115 cm³/mol. The minimum absolute atomic E-state index is 0.236. The van der Waals surface area contributed by atoms with Gasteiger partial charge in [0.2, 0.25) is 0 Å². The summed E-state index contributed by atoms with van der Waals surface area (Å²) in [5, 5.41) is 0. The van der Waals surface area contributed by atoms with E-state index in [-0.39, 0.29) is 11.9 Å². The summed E-state index contributed by atoms with van der Waals surface area (Å²) in [6.07, 6.45) is 0.792. The molecule has 2 aromatic carbocycles. The molecule has 0 aromatic heterocycles. The van der Waals surface area contributed by atoms with Crippen molar-refractivity contribution in [2.45, 2.75) is 25.3 Å². The Bertz CT molecular complexity index is 878. The molecule has 1 aliphatic rings. The van der Waals surface area contributed by atoms with Crippen LogP contribution in [0.3, 0.4) is 0 Å². The molecule has 0 N–H and O–H groups in total. The number of rotatable bonds is 6. The van der Waals surface area contributed by atoms with Gasteiger partial charge in [-0.1, -0.05) is 36.9 Å². The maximum atomic E-state index is 13.0. The second-order valence-electron chi connectivity index (χ2n) is 7.20. The third-order valence-corrected chi connectivity index (χ3v) is 5.55. The van der Waals surface area contributed by atoms with Gasteiger partial charge in [-0.2, -0.15) is 0 Å². The van der Waals surface area contributed by atoms with Crippen LogP contribution in [0.15, 0.2) is 49.0 Å². The molecule has 0 saturated heterocycles. The molecule has 5 heteroatoms. The zero-order chi connectivity index (χ0) is 21.0. The number of hydrogen-bond donors (Lipinski definition) is 0. The van der Waals surface area contributed by atoms with Crippen molar-refractivity contribution in [1.29, 1.82) is 0 Å². The Kier molecular flexibility index (Phi) is 6.60. The number of carbonyl (C=O) groups excluding carboxylic acids is 1. The molecule has 154 valence electrons. The van der Waals surface area contributed by atoms with Crippen LogP contribution in [0, 0.1) is 0 Å². The topological polar surface area (TPSA) is 48.0 Å². The molecule has 3 rings (SSSR count). The van der Waals surface area contributed by atoms with Crippen molar-refractivity contribution in [1.82, 2.24) is 4.90 Å². The molecule has 2 unspecified atom stereocenters. The summed E-state index contributed by atoms with van der Waals surface area (Å²) < 4.78 is 16.5. The highest BCUT2D eigenvalue weighted by Gasteiger charge is 2.39. The summed E-state index contributed by atoms with van der Waals surface area (Å²) in [4.78, 5) is 15.1. The highest BCUT2D eigenvalue weighted by Crippen LogP contribution is 2.43. The minimum Gasteiger partial charge on any atom is -0.493 e. The predicted octanol–water partition coefficient (Wildman–Crippen LogP) is 3.92. The number of hydrogen-bond acceptors (Lipinski definition) is 5. The standard InChI is InChI=1S/C24H29NO4/c1-6-29-24(26)23-22(16(2)17-10-8-7-9-11-17)19-15-21(28-5)20(27-4)14-18(19)12-13-25(23)3/h7-11,14-15,22-23H,2,6,12-13H2,1,3-5H3. The number of carbonyl (C=O) groups is 1. The van der Waals surface area contributed by atoms with Gasteiger partial charge in [-0.05, 0) is 54.8 Å². The fourth-order valence-corrected chi connectivity index (χ4v) is 4.06. The quantitative estimate of drug-likeness (QED) is 0.694. The van der Waals surface area contributed by atoms with Gasteiger partial charge in [-0.3, -0.25) is 9.69 Å². The van der Waals surface area contributed by atoms with Crippen molar-refractivity contribution < 1.29 is 19.0 Å². The molecule has 5 nitrogen and oxygen atoms in total. The van der Waals surface area contributed by atoms with Crippen molar-refractivity contribution in [3.63, 3.8) is 0 Å². The molecule has 29 heavy (non-hydrogen) atoms. The first-order valence-electron chi connectivity index (χ1n) is 9.87. The van der Waals surface area contributed by atoms with E-state index in [1.54, 1.807) is 14.2 Å². The van der Waals surface area contributed by atoms with Crippen LogP contribution in [0.1, 0.15) is 29.5 Å². The molecular formula is C24H29NO4. The highest BCUT2D eigenvalue weighted by atomic mass is 16.5.